The van der Waals surface area contributed by atoms with Crippen molar-refractivity contribution >= 4 is 5.96 Å². The molecule has 1 aromatic carbocycles. The Hall–Kier alpha value is -1.55. The molecule has 112 valence electrons. The third-order valence-electron chi connectivity index (χ3n) is 2.94. The summed E-state index contributed by atoms with van der Waals surface area (Å²) < 4.78 is 0. The summed E-state index contributed by atoms with van der Waals surface area (Å²) in [7, 11) is 0. The Morgan fingerprint density at radius 2 is 1.95 bits per heavy atom. The smallest absolute Gasteiger partial charge is 0.191 e. The van der Waals surface area contributed by atoms with Gasteiger partial charge in [0.05, 0.1) is 12.6 Å². The Kier molecular flexibility index (Phi) is 8.47. The first-order chi connectivity index (χ1) is 9.76. The highest BCUT2D eigenvalue weighted by atomic mass is 16.3. The highest BCUT2D eigenvalue weighted by Crippen LogP contribution is 2.03. The molecule has 0 fully saturated rings. The van der Waals surface area contributed by atoms with Crippen LogP contribution in [-0.4, -0.2) is 36.8 Å². The molecule has 0 saturated carbocycles. The van der Waals surface area contributed by atoms with Crippen molar-refractivity contribution in [3.8, 4) is 0 Å². The van der Waals surface area contributed by atoms with Crippen molar-refractivity contribution in [1.29, 1.82) is 0 Å². The molecular weight excluding hydrogens is 250 g/mol. The Morgan fingerprint density at radius 3 is 2.60 bits per heavy atom. The van der Waals surface area contributed by atoms with Crippen molar-refractivity contribution in [1.82, 2.24) is 10.6 Å². The fraction of sp³-hybridized carbons (Fsp3) is 0.562. The monoisotopic (exact) mass is 277 g/mol. The molecule has 0 radical (unpaired) electrons. The highest BCUT2D eigenvalue weighted by molar-refractivity contribution is 5.79. The molecule has 1 unspecified atom stereocenters. The quantitative estimate of drug-likeness (QED) is 0.387. The predicted octanol–water partition coefficient (Wildman–Crippen LogP) is 1.95. The van der Waals surface area contributed by atoms with Gasteiger partial charge in [-0.3, -0.25) is 4.99 Å². The van der Waals surface area contributed by atoms with Crippen LogP contribution in [0.3, 0.4) is 0 Å². The lowest BCUT2D eigenvalue weighted by atomic mass is 10.1. The third kappa shape index (κ3) is 7.14. The minimum absolute atomic E-state index is 0.413. The molecule has 0 amide bonds. The molecule has 0 aliphatic rings. The van der Waals surface area contributed by atoms with E-state index in [0.717, 1.165) is 37.5 Å². The summed E-state index contributed by atoms with van der Waals surface area (Å²) in [6, 6.07) is 10.0. The van der Waals surface area contributed by atoms with Crippen LogP contribution in [0.2, 0.25) is 0 Å². The highest BCUT2D eigenvalue weighted by Gasteiger charge is 2.05. The largest absolute Gasteiger partial charge is 0.391 e. The average Bonchev–Trinajstić information content (AvgIpc) is 2.46. The van der Waals surface area contributed by atoms with Gasteiger partial charge in [0.1, 0.15) is 0 Å². The first-order valence-corrected chi connectivity index (χ1v) is 7.50. The van der Waals surface area contributed by atoms with Gasteiger partial charge in [-0.25, -0.2) is 0 Å². The van der Waals surface area contributed by atoms with Crippen molar-refractivity contribution in [2.45, 2.75) is 39.2 Å². The van der Waals surface area contributed by atoms with E-state index in [4.69, 9.17) is 0 Å². The number of guanidine groups is 1. The molecule has 1 rings (SSSR count). The maximum absolute atomic E-state index is 10.0. The molecular formula is C16H27N3O. The van der Waals surface area contributed by atoms with Gasteiger partial charge in [0.2, 0.25) is 0 Å². The fourth-order valence-electron chi connectivity index (χ4n) is 1.87. The van der Waals surface area contributed by atoms with E-state index < -0.39 is 6.10 Å². The van der Waals surface area contributed by atoms with Gasteiger partial charge < -0.3 is 15.7 Å². The number of nitrogens with zero attached hydrogens (tertiary/aromatic N) is 1. The van der Waals surface area contributed by atoms with Crippen LogP contribution in [0.1, 0.15) is 32.3 Å². The topological polar surface area (TPSA) is 56.7 Å². The van der Waals surface area contributed by atoms with Crippen molar-refractivity contribution in [3.63, 3.8) is 0 Å². The van der Waals surface area contributed by atoms with Gasteiger partial charge in [0.15, 0.2) is 5.96 Å². The number of nitrogens with one attached hydrogen (secondary N) is 2. The van der Waals surface area contributed by atoms with E-state index in [1.807, 2.05) is 37.3 Å². The molecule has 0 aliphatic heterocycles. The van der Waals surface area contributed by atoms with E-state index in [-0.39, 0.29) is 0 Å². The number of aliphatic imine (C=N–C) groups is 1. The molecule has 4 heteroatoms. The first kappa shape index (κ1) is 16.5. The number of hydrogen-bond acceptors (Lipinski definition) is 2. The summed E-state index contributed by atoms with van der Waals surface area (Å²) >= 11 is 0. The second-order valence-electron chi connectivity index (χ2n) is 4.84. The van der Waals surface area contributed by atoms with Gasteiger partial charge in [-0.05, 0) is 18.9 Å². The van der Waals surface area contributed by atoms with Gasteiger partial charge in [0, 0.05) is 19.5 Å². The van der Waals surface area contributed by atoms with Gasteiger partial charge >= 0.3 is 0 Å². The molecule has 0 aliphatic carbocycles. The summed E-state index contributed by atoms with van der Waals surface area (Å²) in [4.78, 5) is 4.43. The van der Waals surface area contributed by atoms with Crippen LogP contribution < -0.4 is 10.6 Å². The molecule has 0 saturated heterocycles. The van der Waals surface area contributed by atoms with E-state index in [1.165, 1.54) is 0 Å². The van der Waals surface area contributed by atoms with Crippen molar-refractivity contribution in [2.75, 3.05) is 19.6 Å². The molecule has 0 bridgehead atoms. The average molecular weight is 277 g/mol. The van der Waals surface area contributed by atoms with Crippen LogP contribution in [0.5, 0.6) is 0 Å². The van der Waals surface area contributed by atoms with E-state index in [0.29, 0.717) is 13.0 Å². The second kappa shape index (κ2) is 10.3. The summed E-state index contributed by atoms with van der Waals surface area (Å²) in [5, 5.41) is 16.5. The van der Waals surface area contributed by atoms with Crippen LogP contribution in [-0.2, 0) is 6.42 Å². The van der Waals surface area contributed by atoms with E-state index in [9.17, 15) is 5.11 Å². The molecule has 0 aromatic heterocycles. The summed E-state index contributed by atoms with van der Waals surface area (Å²) in [5.74, 6) is 0.785. The zero-order valence-corrected chi connectivity index (χ0v) is 12.6. The maximum Gasteiger partial charge on any atom is 0.191 e. The van der Waals surface area contributed by atoms with E-state index >= 15 is 0 Å². The molecule has 4 nitrogen and oxygen atoms in total. The number of hydrogen-bond donors (Lipinski definition) is 3. The lowest BCUT2D eigenvalue weighted by Crippen LogP contribution is -2.38. The van der Waals surface area contributed by atoms with Crippen molar-refractivity contribution in [3.05, 3.63) is 35.9 Å². The lowest BCUT2D eigenvalue weighted by molar-refractivity contribution is 0.183. The normalized spacial score (nSPS) is 13.1. The Labute approximate surface area is 122 Å². The number of aliphatic hydroxyl groups excluding tert-OH is 1. The van der Waals surface area contributed by atoms with Crippen LogP contribution >= 0.6 is 0 Å². The molecule has 3 N–H and O–H groups in total. The fourth-order valence-corrected chi connectivity index (χ4v) is 1.87. The van der Waals surface area contributed by atoms with Crippen molar-refractivity contribution < 1.29 is 5.11 Å². The molecule has 0 heterocycles. The van der Waals surface area contributed by atoms with Crippen LogP contribution in [0, 0.1) is 0 Å². The number of unbranched alkanes of at least 4 members (excludes halogenated alkanes) is 1. The lowest BCUT2D eigenvalue weighted by Gasteiger charge is -2.13. The Morgan fingerprint density at radius 1 is 1.20 bits per heavy atom. The minimum atomic E-state index is -0.445. The minimum Gasteiger partial charge on any atom is -0.391 e. The molecule has 1 atom stereocenters. The molecule has 20 heavy (non-hydrogen) atoms. The van der Waals surface area contributed by atoms with Crippen LogP contribution in [0.25, 0.3) is 0 Å². The zero-order chi connectivity index (χ0) is 14.6. The SMILES string of the molecule is CCCCNC(=NCC(O)Cc1ccccc1)NCC. The van der Waals surface area contributed by atoms with Crippen molar-refractivity contribution in [2.24, 2.45) is 4.99 Å². The van der Waals surface area contributed by atoms with E-state index in [2.05, 4.69) is 22.5 Å². The number of aliphatic hydroxyl groups is 1. The number of benzene rings is 1. The van der Waals surface area contributed by atoms with E-state index in [1.54, 1.807) is 0 Å². The molecule has 0 spiro atoms. The first-order valence-electron chi connectivity index (χ1n) is 7.50. The van der Waals surface area contributed by atoms with Gasteiger partial charge in [-0.2, -0.15) is 0 Å². The maximum atomic E-state index is 10.0. The third-order valence-corrected chi connectivity index (χ3v) is 2.94. The summed E-state index contributed by atoms with van der Waals surface area (Å²) in [5.41, 5.74) is 1.14. The second-order valence-corrected chi connectivity index (χ2v) is 4.84. The van der Waals surface area contributed by atoms with Gasteiger partial charge in [0.25, 0.3) is 0 Å². The standard InChI is InChI=1S/C16H27N3O/c1-3-5-11-18-16(17-4-2)19-13-15(20)12-14-9-7-6-8-10-14/h6-10,15,20H,3-5,11-13H2,1-2H3,(H2,17,18,19). The summed E-state index contributed by atoms with van der Waals surface area (Å²) in [6.45, 7) is 6.35. The molecule has 1 aromatic rings. The summed E-state index contributed by atoms with van der Waals surface area (Å²) in [6.07, 6.45) is 2.47. The predicted molar refractivity (Wildman–Crippen MR) is 85.0 cm³/mol. The zero-order valence-electron chi connectivity index (χ0n) is 12.6. The van der Waals surface area contributed by atoms with Crippen LogP contribution in [0.15, 0.2) is 35.3 Å². The van der Waals surface area contributed by atoms with Crippen LogP contribution in [0.4, 0.5) is 0 Å². The number of rotatable bonds is 8. The Bertz CT molecular complexity index is 379. The Balaban J connectivity index is 2.40. The van der Waals surface area contributed by atoms with Gasteiger partial charge in [-0.15, -0.1) is 0 Å². The van der Waals surface area contributed by atoms with Gasteiger partial charge in [-0.1, -0.05) is 43.7 Å².